The second kappa shape index (κ2) is 8.16. The molecule has 0 aliphatic heterocycles. The number of H-pyrrole nitrogens is 1. The third kappa shape index (κ3) is 5.27. The molecule has 2 atom stereocenters. The third-order valence-electron chi connectivity index (χ3n) is 2.81. The number of amides is 2. The summed E-state index contributed by atoms with van der Waals surface area (Å²) in [5.74, 6) is -1.06. The first-order valence-corrected chi connectivity index (χ1v) is 6.32. The predicted octanol–water partition coefficient (Wildman–Crippen LogP) is 0.650. The van der Waals surface area contributed by atoms with Crippen LogP contribution in [-0.2, 0) is 9.53 Å². The van der Waals surface area contributed by atoms with Crippen molar-refractivity contribution in [3.05, 3.63) is 18.0 Å². The van der Waals surface area contributed by atoms with Gasteiger partial charge >= 0.3 is 12.0 Å². The summed E-state index contributed by atoms with van der Waals surface area (Å²) in [5.41, 5.74) is 0.811. The number of carbonyl (C=O) groups is 2. The minimum Gasteiger partial charge on any atom is -0.480 e. The summed E-state index contributed by atoms with van der Waals surface area (Å²) in [4.78, 5) is 22.8. The van der Waals surface area contributed by atoms with Gasteiger partial charge in [-0.05, 0) is 19.8 Å². The van der Waals surface area contributed by atoms with E-state index in [1.807, 2.05) is 0 Å². The van der Waals surface area contributed by atoms with Crippen molar-refractivity contribution in [2.45, 2.75) is 31.8 Å². The normalized spacial score (nSPS) is 13.5. The Bertz CT molecular complexity index is 421. The highest BCUT2D eigenvalue weighted by Gasteiger charge is 2.20. The number of methoxy groups -OCH3 is 1. The van der Waals surface area contributed by atoms with Crippen molar-refractivity contribution >= 4 is 12.0 Å². The van der Waals surface area contributed by atoms with E-state index >= 15 is 0 Å². The first-order chi connectivity index (χ1) is 9.54. The number of carboxylic acid groups (broad SMARTS) is 1. The molecule has 0 saturated carbocycles. The maximum Gasteiger partial charge on any atom is 0.326 e. The van der Waals surface area contributed by atoms with Gasteiger partial charge in [0, 0.05) is 25.5 Å². The molecule has 0 aliphatic carbocycles. The number of nitrogens with one attached hydrogen (secondary N) is 3. The minimum atomic E-state index is -1.06. The lowest BCUT2D eigenvalue weighted by molar-refractivity contribution is -0.139. The maximum absolute atomic E-state index is 11.7. The van der Waals surface area contributed by atoms with Gasteiger partial charge in [0.2, 0.25) is 0 Å². The molecular weight excluding hydrogens is 264 g/mol. The summed E-state index contributed by atoms with van der Waals surface area (Å²) in [6.07, 6.45) is 4.14. The molecule has 0 fully saturated rings. The number of aliphatic carboxylic acids is 1. The summed E-state index contributed by atoms with van der Waals surface area (Å²) < 4.78 is 4.86. The summed E-state index contributed by atoms with van der Waals surface area (Å²) in [6.45, 7) is 2.24. The van der Waals surface area contributed by atoms with Gasteiger partial charge in [-0.1, -0.05) is 0 Å². The van der Waals surface area contributed by atoms with Crippen molar-refractivity contribution < 1.29 is 19.4 Å². The molecule has 1 rings (SSSR count). The van der Waals surface area contributed by atoms with Crippen LogP contribution in [0.3, 0.4) is 0 Å². The van der Waals surface area contributed by atoms with Crippen molar-refractivity contribution in [3.63, 3.8) is 0 Å². The van der Waals surface area contributed by atoms with Crippen LogP contribution in [0.5, 0.6) is 0 Å². The Labute approximate surface area is 116 Å². The number of nitrogens with zero attached hydrogens (tertiary/aromatic N) is 1. The molecule has 0 spiro atoms. The Balaban J connectivity index is 2.43. The lowest BCUT2D eigenvalue weighted by Gasteiger charge is -2.17. The topological polar surface area (TPSA) is 116 Å². The molecule has 0 aromatic carbocycles. The molecule has 0 saturated heterocycles. The van der Waals surface area contributed by atoms with Gasteiger partial charge in [-0.2, -0.15) is 5.10 Å². The van der Waals surface area contributed by atoms with E-state index in [1.165, 1.54) is 0 Å². The van der Waals surface area contributed by atoms with Gasteiger partial charge in [0.05, 0.1) is 12.2 Å². The number of hydrogen-bond donors (Lipinski definition) is 4. The van der Waals surface area contributed by atoms with Crippen molar-refractivity contribution in [3.8, 4) is 0 Å². The molecule has 0 aliphatic rings. The Kier molecular flexibility index (Phi) is 6.51. The van der Waals surface area contributed by atoms with E-state index in [0.29, 0.717) is 19.4 Å². The number of carbonyl (C=O) groups excluding carboxylic acids is 1. The van der Waals surface area contributed by atoms with Crippen molar-refractivity contribution in [1.82, 2.24) is 20.8 Å². The maximum atomic E-state index is 11.7. The van der Waals surface area contributed by atoms with Gasteiger partial charge in [0.1, 0.15) is 6.04 Å². The summed E-state index contributed by atoms with van der Waals surface area (Å²) >= 11 is 0. The number of hydrogen-bond acceptors (Lipinski definition) is 4. The van der Waals surface area contributed by atoms with Gasteiger partial charge in [0.15, 0.2) is 0 Å². The van der Waals surface area contributed by atoms with Crippen LogP contribution < -0.4 is 10.6 Å². The van der Waals surface area contributed by atoms with Crippen LogP contribution in [0.1, 0.15) is 31.4 Å². The van der Waals surface area contributed by atoms with E-state index in [9.17, 15) is 9.59 Å². The van der Waals surface area contributed by atoms with E-state index in [-0.39, 0.29) is 6.04 Å². The number of rotatable bonds is 8. The largest absolute Gasteiger partial charge is 0.480 e. The van der Waals surface area contributed by atoms with Crippen LogP contribution in [0.15, 0.2) is 12.4 Å². The zero-order chi connectivity index (χ0) is 15.0. The molecule has 1 aromatic heterocycles. The number of urea groups is 1. The van der Waals surface area contributed by atoms with E-state index < -0.39 is 18.0 Å². The van der Waals surface area contributed by atoms with Crippen molar-refractivity contribution in [2.75, 3.05) is 13.7 Å². The molecular formula is C12H20N4O4. The van der Waals surface area contributed by atoms with Crippen LogP contribution in [0.4, 0.5) is 4.79 Å². The Morgan fingerprint density at radius 1 is 1.50 bits per heavy atom. The number of aromatic amines is 1. The molecule has 1 aromatic rings. The second-order valence-electron chi connectivity index (χ2n) is 4.40. The smallest absolute Gasteiger partial charge is 0.326 e. The van der Waals surface area contributed by atoms with E-state index in [4.69, 9.17) is 9.84 Å². The van der Waals surface area contributed by atoms with Crippen molar-refractivity contribution in [2.24, 2.45) is 0 Å². The van der Waals surface area contributed by atoms with Crippen LogP contribution in [-0.4, -0.2) is 47.1 Å². The Morgan fingerprint density at radius 2 is 2.25 bits per heavy atom. The number of ether oxygens (including phenoxy) is 1. The summed E-state index contributed by atoms with van der Waals surface area (Å²) in [5, 5.41) is 20.6. The lowest BCUT2D eigenvalue weighted by atomic mass is 10.1. The SMILES string of the molecule is COCCCC(NC(=O)NC(C)c1cn[nH]c1)C(=O)O. The van der Waals surface area contributed by atoms with Gasteiger partial charge in [-0.15, -0.1) is 0 Å². The fraction of sp³-hybridized carbons (Fsp3) is 0.583. The van der Waals surface area contributed by atoms with Crippen LogP contribution in [0.2, 0.25) is 0 Å². The molecule has 0 radical (unpaired) electrons. The molecule has 1 heterocycles. The molecule has 2 amide bonds. The quantitative estimate of drug-likeness (QED) is 0.523. The standard InChI is InChI=1S/C12H20N4O4/c1-8(9-6-13-14-7-9)15-12(19)16-10(11(17)18)4-3-5-20-2/h6-8,10H,3-5H2,1-2H3,(H,13,14)(H,17,18)(H2,15,16,19). The van der Waals surface area contributed by atoms with E-state index in [0.717, 1.165) is 5.56 Å². The Hall–Kier alpha value is -2.09. The Morgan fingerprint density at radius 3 is 2.80 bits per heavy atom. The zero-order valence-electron chi connectivity index (χ0n) is 11.5. The molecule has 8 heteroatoms. The van der Waals surface area contributed by atoms with E-state index in [2.05, 4.69) is 20.8 Å². The summed E-state index contributed by atoms with van der Waals surface area (Å²) in [6, 6.07) is -1.72. The fourth-order valence-corrected chi connectivity index (χ4v) is 1.67. The fourth-order valence-electron chi connectivity index (χ4n) is 1.67. The molecule has 4 N–H and O–H groups in total. The molecule has 0 bridgehead atoms. The van der Waals surface area contributed by atoms with Crippen molar-refractivity contribution in [1.29, 1.82) is 0 Å². The zero-order valence-corrected chi connectivity index (χ0v) is 11.5. The van der Waals surface area contributed by atoms with Gasteiger partial charge in [-0.3, -0.25) is 5.10 Å². The first-order valence-electron chi connectivity index (χ1n) is 6.32. The van der Waals surface area contributed by atoms with E-state index in [1.54, 1.807) is 26.4 Å². The average molecular weight is 284 g/mol. The highest BCUT2D eigenvalue weighted by molar-refractivity contribution is 5.82. The first kappa shape index (κ1) is 16.0. The third-order valence-corrected chi connectivity index (χ3v) is 2.81. The average Bonchev–Trinajstić information content (AvgIpc) is 2.91. The minimum absolute atomic E-state index is 0.262. The van der Waals surface area contributed by atoms with Gasteiger partial charge in [0.25, 0.3) is 0 Å². The lowest BCUT2D eigenvalue weighted by Crippen LogP contribution is -2.46. The molecule has 2 unspecified atom stereocenters. The highest BCUT2D eigenvalue weighted by atomic mass is 16.5. The number of carboxylic acids is 1. The van der Waals surface area contributed by atoms with Gasteiger partial charge in [-0.25, -0.2) is 9.59 Å². The monoisotopic (exact) mass is 284 g/mol. The predicted molar refractivity (Wildman–Crippen MR) is 71.2 cm³/mol. The number of aromatic nitrogens is 2. The highest BCUT2D eigenvalue weighted by Crippen LogP contribution is 2.08. The second-order valence-corrected chi connectivity index (χ2v) is 4.40. The molecule has 20 heavy (non-hydrogen) atoms. The van der Waals surface area contributed by atoms with Crippen LogP contribution in [0, 0.1) is 0 Å². The molecule has 112 valence electrons. The summed E-state index contributed by atoms with van der Waals surface area (Å²) in [7, 11) is 1.54. The van der Waals surface area contributed by atoms with Gasteiger partial charge < -0.3 is 20.5 Å². The van der Waals surface area contributed by atoms with Crippen LogP contribution >= 0.6 is 0 Å². The molecule has 8 nitrogen and oxygen atoms in total. The van der Waals surface area contributed by atoms with Crippen LogP contribution in [0.25, 0.3) is 0 Å².